The summed E-state index contributed by atoms with van der Waals surface area (Å²) in [5, 5.41) is -0.695. The summed E-state index contributed by atoms with van der Waals surface area (Å²) in [6.45, 7) is 0. The van der Waals surface area contributed by atoms with E-state index in [0.717, 1.165) is 6.07 Å². The summed E-state index contributed by atoms with van der Waals surface area (Å²) < 4.78 is 12.3. The van der Waals surface area contributed by atoms with Gasteiger partial charge in [0.25, 0.3) is 5.24 Å². The first-order chi connectivity index (χ1) is 4.70. The van der Waals surface area contributed by atoms with Gasteiger partial charge in [0, 0.05) is 5.56 Å². The summed E-state index contributed by atoms with van der Waals surface area (Å²) in [4.78, 5) is 10.4. The van der Waals surface area contributed by atoms with E-state index in [0.29, 0.717) is 0 Å². The van der Waals surface area contributed by atoms with Gasteiger partial charge in [0.1, 0.15) is 5.82 Å². The van der Waals surface area contributed by atoms with Gasteiger partial charge in [-0.15, -0.1) is 0 Å². The Morgan fingerprint density at radius 1 is 1.70 bits per heavy atom. The number of hydrogen-bond donors (Lipinski definition) is 0. The van der Waals surface area contributed by atoms with E-state index in [4.69, 9.17) is 11.6 Å². The predicted molar refractivity (Wildman–Crippen MR) is 35.4 cm³/mol. The third kappa shape index (κ3) is 1.54. The van der Waals surface area contributed by atoms with Crippen LogP contribution in [0.25, 0.3) is 0 Å². The van der Waals surface area contributed by atoms with Crippen LogP contribution >= 0.6 is 11.6 Å². The molecule has 1 nitrogen and oxygen atoms in total. The van der Waals surface area contributed by atoms with Crippen LogP contribution in [-0.2, 0) is 0 Å². The van der Waals surface area contributed by atoms with E-state index >= 15 is 0 Å². The van der Waals surface area contributed by atoms with E-state index in [2.05, 4.69) is 6.07 Å². The third-order valence-corrected chi connectivity index (χ3v) is 1.18. The number of carbonyl (C=O) groups is 1. The lowest BCUT2D eigenvalue weighted by Crippen LogP contribution is -1.88. The molecule has 51 valence electrons. The van der Waals surface area contributed by atoms with Crippen LogP contribution in [-0.4, -0.2) is 5.24 Å². The van der Waals surface area contributed by atoms with Gasteiger partial charge in [0.15, 0.2) is 0 Å². The molecule has 0 aliphatic rings. The topological polar surface area (TPSA) is 17.1 Å². The Morgan fingerprint density at radius 2 is 2.40 bits per heavy atom. The fourth-order valence-corrected chi connectivity index (χ4v) is 0.661. The molecule has 0 aliphatic heterocycles. The maximum atomic E-state index is 12.3. The molecule has 1 rings (SSSR count). The summed E-state index contributed by atoms with van der Waals surface area (Å²) in [7, 11) is 0. The predicted octanol–water partition coefficient (Wildman–Crippen LogP) is 2.00. The molecule has 3 heteroatoms. The number of carbonyl (C=O) groups excluding carboxylic acids is 1. The smallest absolute Gasteiger partial charge is 0.253 e. The van der Waals surface area contributed by atoms with Crippen molar-refractivity contribution in [1.29, 1.82) is 0 Å². The van der Waals surface area contributed by atoms with E-state index in [1.165, 1.54) is 12.1 Å². The molecule has 0 saturated carbocycles. The van der Waals surface area contributed by atoms with Crippen molar-refractivity contribution in [2.45, 2.75) is 0 Å². The maximum absolute atomic E-state index is 12.3. The van der Waals surface area contributed by atoms with Crippen molar-refractivity contribution < 1.29 is 9.18 Å². The van der Waals surface area contributed by atoms with E-state index in [9.17, 15) is 9.18 Å². The van der Waals surface area contributed by atoms with Crippen LogP contribution in [0.15, 0.2) is 18.2 Å². The zero-order chi connectivity index (χ0) is 7.56. The molecule has 1 radical (unpaired) electrons. The quantitative estimate of drug-likeness (QED) is 0.570. The standard InChI is InChI=1S/C7H3ClFO/c8-7(10)5-2-1-3-6(9)4-5/h1,3-4H. The van der Waals surface area contributed by atoms with Crippen molar-refractivity contribution in [3.63, 3.8) is 0 Å². The Balaban J connectivity index is 3.07. The summed E-state index contributed by atoms with van der Waals surface area (Å²) in [5.41, 5.74) is 0.0571. The van der Waals surface area contributed by atoms with E-state index in [-0.39, 0.29) is 5.56 Å². The van der Waals surface area contributed by atoms with Gasteiger partial charge in [-0.1, -0.05) is 6.07 Å². The molecule has 1 aromatic rings. The number of halogens is 2. The van der Waals surface area contributed by atoms with Gasteiger partial charge in [-0.3, -0.25) is 4.79 Å². The van der Waals surface area contributed by atoms with Crippen molar-refractivity contribution in [3.8, 4) is 0 Å². The van der Waals surface area contributed by atoms with Crippen LogP contribution in [0.3, 0.4) is 0 Å². The maximum Gasteiger partial charge on any atom is 0.253 e. The summed E-state index contributed by atoms with van der Waals surface area (Å²) in [6.07, 6.45) is 0. The van der Waals surface area contributed by atoms with Crippen molar-refractivity contribution in [2.75, 3.05) is 0 Å². The van der Waals surface area contributed by atoms with Gasteiger partial charge in [-0.05, 0) is 29.8 Å². The second-order valence-electron chi connectivity index (χ2n) is 1.69. The minimum atomic E-state index is -0.695. The van der Waals surface area contributed by atoms with Gasteiger partial charge in [0.2, 0.25) is 0 Å². The van der Waals surface area contributed by atoms with Crippen LogP contribution in [0.1, 0.15) is 10.4 Å². The Kier molecular flexibility index (Phi) is 2.02. The van der Waals surface area contributed by atoms with Crippen molar-refractivity contribution in [1.82, 2.24) is 0 Å². The highest BCUT2D eigenvalue weighted by molar-refractivity contribution is 6.67. The van der Waals surface area contributed by atoms with Crippen LogP contribution in [0, 0.1) is 11.9 Å². The number of rotatable bonds is 1. The molecule has 0 aliphatic carbocycles. The summed E-state index contributed by atoms with van der Waals surface area (Å²) >= 11 is 5.04. The molecular formula is C7H3ClFO. The number of hydrogen-bond acceptors (Lipinski definition) is 1. The van der Waals surface area contributed by atoms with E-state index < -0.39 is 11.1 Å². The molecule has 1 aromatic carbocycles. The fourth-order valence-electron chi connectivity index (χ4n) is 0.552. The molecule has 0 saturated heterocycles. The lowest BCUT2D eigenvalue weighted by Gasteiger charge is -1.89. The Morgan fingerprint density at radius 3 is 2.80 bits per heavy atom. The van der Waals surface area contributed by atoms with Crippen molar-refractivity contribution in [3.05, 3.63) is 35.6 Å². The average Bonchev–Trinajstić information content (AvgIpc) is 1.88. The molecule has 0 bridgehead atoms. The zero-order valence-electron chi connectivity index (χ0n) is 4.90. The molecule has 0 atom stereocenters. The van der Waals surface area contributed by atoms with Crippen LogP contribution < -0.4 is 0 Å². The van der Waals surface area contributed by atoms with Gasteiger partial charge in [-0.25, -0.2) is 4.39 Å². The van der Waals surface area contributed by atoms with Gasteiger partial charge >= 0.3 is 0 Å². The molecule has 0 fully saturated rings. The Bertz CT molecular complexity index is 260. The molecule has 0 unspecified atom stereocenters. The molecule has 0 N–H and O–H groups in total. The molecule has 0 aromatic heterocycles. The summed E-state index contributed by atoms with van der Waals surface area (Å²) in [5.74, 6) is -0.484. The van der Waals surface area contributed by atoms with E-state index in [1.54, 1.807) is 0 Å². The third-order valence-electron chi connectivity index (χ3n) is 0.975. The second-order valence-corrected chi connectivity index (χ2v) is 2.04. The largest absolute Gasteiger partial charge is 0.276 e. The number of benzene rings is 1. The second kappa shape index (κ2) is 2.80. The first kappa shape index (κ1) is 7.22. The molecule has 0 amide bonds. The van der Waals surface area contributed by atoms with Crippen LogP contribution in [0.5, 0.6) is 0 Å². The highest BCUT2D eigenvalue weighted by Gasteiger charge is 2.00. The lowest BCUT2D eigenvalue weighted by molar-refractivity contribution is 0.108. The van der Waals surface area contributed by atoms with Crippen molar-refractivity contribution in [2.24, 2.45) is 0 Å². The fraction of sp³-hybridized carbons (Fsp3) is 0. The highest BCUT2D eigenvalue weighted by Crippen LogP contribution is 2.04. The van der Waals surface area contributed by atoms with Gasteiger partial charge < -0.3 is 0 Å². The molecule has 10 heavy (non-hydrogen) atoms. The Hall–Kier alpha value is -0.890. The summed E-state index contributed by atoms with van der Waals surface area (Å²) in [6, 6.07) is 6.03. The van der Waals surface area contributed by atoms with Crippen molar-refractivity contribution >= 4 is 16.8 Å². The minimum absolute atomic E-state index is 0.0571. The monoisotopic (exact) mass is 157 g/mol. The van der Waals surface area contributed by atoms with Crippen LogP contribution in [0.4, 0.5) is 4.39 Å². The van der Waals surface area contributed by atoms with Gasteiger partial charge in [-0.2, -0.15) is 0 Å². The first-order valence-electron chi connectivity index (χ1n) is 2.57. The average molecular weight is 158 g/mol. The Labute approximate surface area is 62.4 Å². The lowest BCUT2D eigenvalue weighted by atomic mass is 10.2. The van der Waals surface area contributed by atoms with Gasteiger partial charge in [0.05, 0.1) is 0 Å². The minimum Gasteiger partial charge on any atom is -0.276 e. The molecule has 0 spiro atoms. The molecular weight excluding hydrogens is 155 g/mol. The molecule has 0 heterocycles. The normalized spacial score (nSPS) is 9.40. The first-order valence-corrected chi connectivity index (χ1v) is 2.95. The SMILES string of the molecule is O=C(Cl)c1[c]ccc(F)c1. The van der Waals surface area contributed by atoms with E-state index in [1.807, 2.05) is 0 Å². The van der Waals surface area contributed by atoms with Crippen LogP contribution in [0.2, 0.25) is 0 Å². The zero-order valence-corrected chi connectivity index (χ0v) is 5.65. The highest BCUT2D eigenvalue weighted by atomic mass is 35.5.